The number of para-hydroxylation sites is 6. The summed E-state index contributed by atoms with van der Waals surface area (Å²) >= 11 is 0. The van der Waals surface area contributed by atoms with E-state index < -0.39 is 0 Å². The summed E-state index contributed by atoms with van der Waals surface area (Å²) in [5, 5.41) is 18.0. The Morgan fingerprint density at radius 3 is 0.851 bits per heavy atom. The van der Waals surface area contributed by atoms with Crippen LogP contribution in [0.4, 0.5) is 114 Å². The highest BCUT2D eigenvalue weighted by Gasteiger charge is 2.33. The Bertz CT molecular complexity index is 8760. The summed E-state index contributed by atoms with van der Waals surface area (Å²) in [6, 6.07) is 122. The van der Waals surface area contributed by atoms with Gasteiger partial charge in [0.05, 0.1) is 158 Å². The van der Waals surface area contributed by atoms with Gasteiger partial charge < -0.3 is 115 Å². The third-order valence-corrected chi connectivity index (χ3v) is 25.3. The van der Waals surface area contributed by atoms with E-state index in [1.54, 1.807) is 91.0 Å². The second-order valence-electron chi connectivity index (χ2n) is 34.9. The summed E-state index contributed by atoms with van der Waals surface area (Å²) in [5.74, 6) is -0.810. The molecule has 0 saturated carbocycles. The molecular weight excluding hydrogens is 1840 g/mol. The largest absolute Gasteiger partial charge is 0.397 e. The van der Waals surface area contributed by atoms with Crippen molar-refractivity contribution in [3.63, 3.8) is 0 Å². The number of hydrogen-bond donors (Lipinski definition) is 20. The second kappa shape index (κ2) is 42.5. The topological polar surface area (TPSA) is 640 Å². The monoisotopic (exact) mass is 1940 g/mol. The first-order valence-corrected chi connectivity index (χ1v) is 46.6. The lowest BCUT2D eigenvalue weighted by Crippen LogP contribution is -2.22. The summed E-state index contributed by atoms with van der Waals surface area (Å²) in [4.78, 5) is 67.1. The molecule has 2 aliphatic rings. The minimum atomic E-state index is -0.245. The fraction of sp³-hybridized carbons (Fsp3) is 0. The van der Waals surface area contributed by atoms with Crippen LogP contribution in [0.25, 0.3) is 130 Å². The maximum Gasteiger partial charge on any atom is 0.196 e. The summed E-state index contributed by atoms with van der Waals surface area (Å²) in [5.41, 5.74) is 135. The van der Waals surface area contributed by atoms with Crippen LogP contribution in [-0.2, 0) is 0 Å². The average molecular weight is 1950 g/mol. The first-order valence-electron chi connectivity index (χ1n) is 46.6. The molecule has 2 heterocycles. The molecule has 40 N–H and O–H groups in total. The Labute approximate surface area is 848 Å². The molecule has 22 aromatic carbocycles. The average Bonchev–Trinajstić information content (AvgIpc) is 0.733. The Balaban J connectivity index is 0.000000113. The number of nitrogens with zero attached hydrogens (tertiary/aromatic N) is 4. The van der Waals surface area contributed by atoms with Crippen molar-refractivity contribution in [1.29, 1.82) is 0 Å². The standard InChI is InChI=1S/2C14H10N2O2.3C14H12N2.2C12H10N4.2C10H10N2.C6H8N2/c15-11-5-9-10(6-12(11)16)14(18)8-4-2-1-3-7(8)13(9)17;15-10-6-5-9-11(12(10)16)14(18)8-4-2-1-3-7(8)13(9)17;15-13-11-7-3-1-5-9(11)10-6-2-4-8-12(10)14(13)16;15-13-7-11-5-9-3-1-2-4-10(9)6-12(11)8-14(13)16;15-13-6-5-11-7-9-3-1-2-4-10(9)8-12(11)14(13)16;13-7-5-11-12(6-8(7)14)16-10-4-2-1-3-9(10)15-11;13-7-5-6-10-12(11(7)14)16-9-4-2-1-3-8(9)15-10;11-9-5-7-3-1-2-4-8(7)6-10(9)12;11-9-6-5-7-3-1-2-4-8(7)10(9)12;7-5-3-1-2-4-6(5)8/h2*1-6H,15-16H2;3*1-8H,15-16H2;2*1-6H,13-14H2;2*1-6H,11-12H2;1-4H,7-8H2. The molecule has 728 valence electrons. The van der Waals surface area contributed by atoms with E-state index in [0.717, 1.165) is 103 Å². The predicted octanol–water partition coefficient (Wildman–Crippen LogP) is 21.5. The van der Waals surface area contributed by atoms with Gasteiger partial charge in [0.2, 0.25) is 0 Å². The minimum Gasteiger partial charge on any atom is -0.397 e. The SMILES string of the molecule is Nc1c(N)c2ccccc2c2ccccc12.Nc1cc2c(cc1N)C(=O)c1ccccc1C2=O.Nc1cc2cc3ccccc3cc2cc1N.Nc1cc2ccccc2cc1N.Nc1cc2nc3ccccc3nc2cc1N.Nc1ccc2c(c1N)C(=O)c1ccccc1C2=O.Nc1ccc2cc3ccccc3cc2c1N.Nc1ccc2ccccc2c1N.Nc1ccc2nc3ccccc3nc2c1N.Nc1ccccc1N. The van der Waals surface area contributed by atoms with Crippen LogP contribution in [0.2, 0.25) is 0 Å². The normalized spacial score (nSPS) is 11.3. The van der Waals surface area contributed by atoms with Crippen molar-refractivity contribution in [2.75, 3.05) is 115 Å². The molecule has 0 aliphatic heterocycles. The second-order valence-corrected chi connectivity index (χ2v) is 34.9. The van der Waals surface area contributed by atoms with Gasteiger partial charge in [0.15, 0.2) is 23.1 Å². The maximum absolute atomic E-state index is 12.3. The molecule has 28 heteroatoms. The Morgan fingerprint density at radius 2 is 0.419 bits per heavy atom. The maximum atomic E-state index is 12.3. The van der Waals surface area contributed by atoms with E-state index in [9.17, 15) is 19.2 Å². The molecule has 24 aromatic rings. The summed E-state index contributed by atoms with van der Waals surface area (Å²) in [6.45, 7) is 0. The Hall–Kier alpha value is -21.2. The smallest absolute Gasteiger partial charge is 0.196 e. The van der Waals surface area contributed by atoms with E-state index in [0.29, 0.717) is 153 Å². The van der Waals surface area contributed by atoms with Crippen molar-refractivity contribution < 1.29 is 19.2 Å². The number of fused-ring (bicyclic) bond motifs is 17. The quantitative estimate of drug-likeness (QED) is 0.0290. The summed E-state index contributed by atoms with van der Waals surface area (Å²) < 4.78 is 0. The molecule has 28 nitrogen and oxygen atoms in total. The number of carbonyl (C=O) groups excluding carboxylic acids is 4. The van der Waals surface area contributed by atoms with Crippen LogP contribution in [0.1, 0.15) is 63.7 Å². The summed E-state index contributed by atoms with van der Waals surface area (Å²) in [6.07, 6.45) is 0. The number of rotatable bonds is 0. The van der Waals surface area contributed by atoms with Gasteiger partial charge in [0, 0.05) is 60.5 Å². The van der Waals surface area contributed by atoms with Crippen LogP contribution in [0.15, 0.2) is 388 Å². The van der Waals surface area contributed by atoms with Gasteiger partial charge in [-0.1, -0.05) is 243 Å². The van der Waals surface area contributed by atoms with Crippen LogP contribution in [-0.4, -0.2) is 43.1 Å². The zero-order valence-electron chi connectivity index (χ0n) is 79.9. The number of ketones is 4. The highest BCUT2D eigenvalue weighted by Crippen LogP contribution is 2.40. The van der Waals surface area contributed by atoms with Crippen LogP contribution in [0.3, 0.4) is 0 Å². The third kappa shape index (κ3) is 20.7. The van der Waals surface area contributed by atoms with E-state index >= 15 is 0 Å². The molecule has 0 bridgehead atoms. The molecule has 0 fully saturated rings. The first-order chi connectivity index (χ1) is 71.3. The van der Waals surface area contributed by atoms with E-state index in [4.69, 9.17) is 115 Å². The van der Waals surface area contributed by atoms with Crippen LogP contribution >= 0.6 is 0 Å². The van der Waals surface area contributed by atoms with E-state index in [1.807, 2.05) is 224 Å². The van der Waals surface area contributed by atoms with Gasteiger partial charge >= 0.3 is 0 Å². The highest BCUT2D eigenvalue weighted by molar-refractivity contribution is 6.31. The molecule has 0 atom stereocenters. The number of benzene rings is 22. The molecule has 0 spiro atoms. The molecule has 0 radical (unpaired) electrons. The van der Waals surface area contributed by atoms with E-state index in [-0.39, 0.29) is 34.4 Å². The number of nitrogen functional groups attached to an aromatic ring is 20. The number of aromatic nitrogens is 4. The van der Waals surface area contributed by atoms with Crippen LogP contribution < -0.4 is 115 Å². The molecule has 0 amide bonds. The van der Waals surface area contributed by atoms with E-state index in [1.165, 1.54) is 33.7 Å². The van der Waals surface area contributed by atoms with E-state index in [2.05, 4.69) is 80.6 Å². The van der Waals surface area contributed by atoms with Gasteiger partial charge in [-0.15, -0.1) is 0 Å². The first kappa shape index (κ1) is 98.4. The number of hydrogen-bond acceptors (Lipinski definition) is 28. The van der Waals surface area contributed by atoms with Crippen molar-refractivity contribution >= 4 is 267 Å². The third-order valence-electron chi connectivity index (χ3n) is 25.3. The van der Waals surface area contributed by atoms with Crippen LogP contribution in [0, 0.1) is 0 Å². The van der Waals surface area contributed by atoms with Gasteiger partial charge in [-0.05, 0) is 210 Å². The lowest BCUT2D eigenvalue weighted by molar-refractivity contribution is 0.0979. The molecule has 0 unspecified atom stereocenters. The molecule has 2 aromatic heterocycles. The lowest BCUT2D eigenvalue weighted by Gasteiger charge is -2.19. The summed E-state index contributed by atoms with van der Waals surface area (Å²) in [7, 11) is 0. The van der Waals surface area contributed by atoms with Crippen molar-refractivity contribution in [2.45, 2.75) is 0 Å². The minimum absolute atomic E-state index is 0.181. The molecule has 26 rings (SSSR count). The van der Waals surface area contributed by atoms with Crippen molar-refractivity contribution in [1.82, 2.24) is 19.9 Å². The van der Waals surface area contributed by atoms with Crippen molar-refractivity contribution in [3.05, 3.63) is 433 Å². The zero-order valence-corrected chi connectivity index (χ0v) is 79.9. The van der Waals surface area contributed by atoms with Gasteiger partial charge in [-0.2, -0.15) is 0 Å². The zero-order chi connectivity index (χ0) is 104. The van der Waals surface area contributed by atoms with Crippen molar-refractivity contribution in [3.8, 4) is 0 Å². The van der Waals surface area contributed by atoms with Gasteiger partial charge in [0.1, 0.15) is 5.52 Å². The fourth-order valence-corrected chi connectivity index (χ4v) is 17.2. The number of carbonyl (C=O) groups is 4. The lowest BCUT2D eigenvalue weighted by atomic mass is 9.83. The number of nitrogens with two attached hydrogens (primary N) is 20. The van der Waals surface area contributed by atoms with Gasteiger partial charge in [-0.25, -0.2) is 19.9 Å². The van der Waals surface area contributed by atoms with Crippen LogP contribution in [0.5, 0.6) is 0 Å². The van der Waals surface area contributed by atoms with Crippen molar-refractivity contribution in [2.24, 2.45) is 0 Å². The Morgan fingerprint density at radius 1 is 0.135 bits per heavy atom. The fourth-order valence-electron chi connectivity index (χ4n) is 17.2. The molecular formula is C120H104N24O4. The molecule has 2 aliphatic carbocycles. The Kier molecular flexibility index (Phi) is 28.2. The number of anilines is 20. The molecule has 0 saturated heterocycles. The molecule has 148 heavy (non-hydrogen) atoms. The van der Waals surface area contributed by atoms with Gasteiger partial charge in [-0.3, -0.25) is 19.2 Å². The van der Waals surface area contributed by atoms with Gasteiger partial charge in [0.25, 0.3) is 0 Å². The highest BCUT2D eigenvalue weighted by atomic mass is 16.1. The predicted molar refractivity (Wildman–Crippen MR) is 621 cm³/mol.